The maximum absolute atomic E-state index is 12.2. The van der Waals surface area contributed by atoms with Crippen LogP contribution < -0.4 is 0 Å². The topological polar surface area (TPSA) is 37.6 Å². The molecule has 1 amide bonds. The zero-order valence-corrected chi connectivity index (χ0v) is 16.5. The predicted molar refractivity (Wildman–Crippen MR) is 113 cm³/mol. The summed E-state index contributed by atoms with van der Waals surface area (Å²) >= 11 is 0. The average molecular weight is 371 g/mol. The molecule has 0 saturated heterocycles. The monoisotopic (exact) mass is 371 g/mol. The quantitative estimate of drug-likeness (QED) is 0.613. The molecular formula is C24H25N3O. The lowest BCUT2D eigenvalue weighted by Gasteiger charge is -2.21. The van der Waals surface area contributed by atoms with Crippen LogP contribution in [0.2, 0.25) is 0 Å². The number of hydrazone groups is 1. The number of benzene rings is 2. The summed E-state index contributed by atoms with van der Waals surface area (Å²) in [6.07, 6.45) is 4.77. The normalized spacial score (nSPS) is 16.5. The van der Waals surface area contributed by atoms with Crippen LogP contribution in [-0.4, -0.2) is 21.2 Å². The van der Waals surface area contributed by atoms with Gasteiger partial charge in [0.15, 0.2) is 0 Å². The molecule has 1 atom stereocenters. The fourth-order valence-electron chi connectivity index (χ4n) is 3.67. The largest absolute Gasteiger partial charge is 0.324 e. The van der Waals surface area contributed by atoms with Crippen LogP contribution in [0, 0.1) is 0 Å². The van der Waals surface area contributed by atoms with Crippen molar-refractivity contribution >= 4 is 11.6 Å². The summed E-state index contributed by atoms with van der Waals surface area (Å²) in [5, 5.41) is 6.28. The van der Waals surface area contributed by atoms with Crippen molar-refractivity contribution in [2.24, 2.45) is 5.10 Å². The van der Waals surface area contributed by atoms with Gasteiger partial charge in [-0.25, -0.2) is 5.01 Å². The van der Waals surface area contributed by atoms with Crippen LogP contribution in [0.25, 0.3) is 5.69 Å². The summed E-state index contributed by atoms with van der Waals surface area (Å²) in [6.45, 7) is 5.95. The Morgan fingerprint density at radius 3 is 2.21 bits per heavy atom. The molecule has 3 aromatic rings. The van der Waals surface area contributed by atoms with E-state index in [0.717, 1.165) is 28.9 Å². The number of hydrogen-bond donors (Lipinski definition) is 0. The number of nitrogens with zero attached hydrogens (tertiary/aromatic N) is 3. The second-order valence-electron chi connectivity index (χ2n) is 7.59. The lowest BCUT2D eigenvalue weighted by atomic mass is 9.95. The molecule has 1 aliphatic heterocycles. The van der Waals surface area contributed by atoms with Gasteiger partial charge in [-0.2, -0.15) is 5.10 Å². The van der Waals surface area contributed by atoms with Gasteiger partial charge in [-0.05, 0) is 46.9 Å². The maximum atomic E-state index is 12.2. The van der Waals surface area contributed by atoms with E-state index in [0.29, 0.717) is 5.92 Å². The summed E-state index contributed by atoms with van der Waals surface area (Å²) in [5.74, 6) is 0.462. The van der Waals surface area contributed by atoms with E-state index in [1.54, 1.807) is 11.9 Å². The van der Waals surface area contributed by atoms with Crippen molar-refractivity contribution in [3.8, 4) is 5.69 Å². The summed E-state index contributed by atoms with van der Waals surface area (Å²) in [6, 6.07) is 20.9. The molecule has 0 N–H and O–H groups in total. The van der Waals surface area contributed by atoms with Crippen LogP contribution in [0.15, 0.2) is 78.2 Å². The van der Waals surface area contributed by atoms with Crippen molar-refractivity contribution in [1.82, 2.24) is 9.58 Å². The smallest absolute Gasteiger partial charge is 0.240 e. The number of hydrogen-bond acceptors (Lipinski definition) is 2. The number of rotatable bonds is 4. The van der Waals surface area contributed by atoms with Gasteiger partial charge in [0.25, 0.3) is 0 Å². The predicted octanol–water partition coefficient (Wildman–Crippen LogP) is 5.30. The Balaban J connectivity index is 1.59. The van der Waals surface area contributed by atoms with Gasteiger partial charge in [0.1, 0.15) is 0 Å². The Kier molecular flexibility index (Phi) is 4.86. The van der Waals surface area contributed by atoms with Crippen molar-refractivity contribution in [2.45, 2.75) is 39.2 Å². The van der Waals surface area contributed by atoms with Gasteiger partial charge in [-0.1, -0.05) is 50.2 Å². The molecule has 2 heterocycles. The van der Waals surface area contributed by atoms with E-state index in [9.17, 15) is 4.79 Å². The minimum absolute atomic E-state index is 0.0307. The fraction of sp³-hybridized carbons (Fsp3) is 0.250. The zero-order valence-electron chi connectivity index (χ0n) is 16.5. The Bertz CT molecular complexity index is 983. The molecule has 0 aliphatic carbocycles. The highest BCUT2D eigenvalue weighted by molar-refractivity contribution is 6.03. The minimum atomic E-state index is -0.0437. The van der Waals surface area contributed by atoms with Crippen molar-refractivity contribution in [3.63, 3.8) is 0 Å². The SMILES string of the molecule is CC(=O)N1N=C(c2ccc(-n3cccc3)cc2)CC1c1ccc(C(C)C)cc1. The highest BCUT2D eigenvalue weighted by atomic mass is 16.2. The van der Waals surface area contributed by atoms with E-state index in [-0.39, 0.29) is 11.9 Å². The molecular weight excluding hydrogens is 346 g/mol. The lowest BCUT2D eigenvalue weighted by molar-refractivity contribution is -0.130. The second kappa shape index (κ2) is 7.47. The van der Waals surface area contributed by atoms with Crippen LogP contribution in [0.4, 0.5) is 0 Å². The van der Waals surface area contributed by atoms with Crippen LogP contribution >= 0.6 is 0 Å². The van der Waals surface area contributed by atoms with E-state index in [1.807, 2.05) is 24.5 Å². The first-order valence-corrected chi connectivity index (χ1v) is 9.74. The van der Waals surface area contributed by atoms with Gasteiger partial charge in [0.2, 0.25) is 5.91 Å². The molecule has 1 aromatic heterocycles. The highest BCUT2D eigenvalue weighted by Crippen LogP contribution is 2.33. The fourth-order valence-corrected chi connectivity index (χ4v) is 3.67. The molecule has 142 valence electrons. The van der Waals surface area contributed by atoms with Gasteiger partial charge < -0.3 is 4.57 Å². The van der Waals surface area contributed by atoms with Crippen molar-refractivity contribution < 1.29 is 4.79 Å². The molecule has 2 aromatic carbocycles. The highest BCUT2D eigenvalue weighted by Gasteiger charge is 2.31. The molecule has 4 heteroatoms. The molecule has 4 nitrogen and oxygen atoms in total. The van der Waals surface area contributed by atoms with Crippen molar-refractivity contribution in [3.05, 3.63) is 89.7 Å². The molecule has 28 heavy (non-hydrogen) atoms. The van der Waals surface area contributed by atoms with Crippen LogP contribution in [0.5, 0.6) is 0 Å². The Hall–Kier alpha value is -3.14. The molecule has 0 fully saturated rings. The van der Waals surface area contributed by atoms with Gasteiger partial charge in [0.05, 0.1) is 11.8 Å². The maximum Gasteiger partial charge on any atom is 0.240 e. The number of amides is 1. The van der Waals surface area contributed by atoms with Crippen molar-refractivity contribution in [2.75, 3.05) is 0 Å². The average Bonchev–Trinajstić information content (AvgIpc) is 3.38. The van der Waals surface area contributed by atoms with Gasteiger partial charge in [-0.15, -0.1) is 0 Å². The van der Waals surface area contributed by atoms with E-state index in [4.69, 9.17) is 0 Å². The molecule has 1 aliphatic rings. The second-order valence-corrected chi connectivity index (χ2v) is 7.59. The molecule has 1 unspecified atom stereocenters. The zero-order chi connectivity index (χ0) is 19.7. The standard InChI is InChI=1S/C24H25N3O/c1-17(2)19-6-8-21(9-7-19)24-16-23(25-27(24)18(3)28)20-10-12-22(13-11-20)26-14-4-5-15-26/h4-15,17,24H,16H2,1-3H3. The number of carbonyl (C=O) groups is 1. The summed E-state index contributed by atoms with van der Waals surface area (Å²) in [5.41, 5.74) is 5.55. The van der Waals surface area contributed by atoms with Gasteiger partial charge in [0, 0.05) is 31.4 Å². The third kappa shape index (κ3) is 3.50. The minimum Gasteiger partial charge on any atom is -0.324 e. The van der Waals surface area contributed by atoms with Gasteiger partial charge in [-0.3, -0.25) is 4.79 Å². The third-order valence-electron chi connectivity index (χ3n) is 5.32. The summed E-state index contributed by atoms with van der Waals surface area (Å²) in [7, 11) is 0. The first-order valence-electron chi connectivity index (χ1n) is 9.74. The summed E-state index contributed by atoms with van der Waals surface area (Å²) < 4.78 is 2.07. The Labute approximate surface area is 166 Å². The van der Waals surface area contributed by atoms with Crippen molar-refractivity contribution in [1.29, 1.82) is 0 Å². The van der Waals surface area contributed by atoms with Crippen LogP contribution in [-0.2, 0) is 4.79 Å². The van der Waals surface area contributed by atoms with Gasteiger partial charge >= 0.3 is 0 Å². The number of aromatic nitrogens is 1. The molecule has 0 bridgehead atoms. The Morgan fingerprint density at radius 2 is 1.64 bits per heavy atom. The first-order chi connectivity index (χ1) is 13.5. The summed E-state index contributed by atoms with van der Waals surface area (Å²) in [4.78, 5) is 12.2. The van der Waals surface area contributed by atoms with E-state index in [2.05, 4.69) is 72.0 Å². The van der Waals surface area contributed by atoms with Crippen LogP contribution in [0.1, 0.15) is 55.8 Å². The van der Waals surface area contributed by atoms with E-state index < -0.39 is 0 Å². The van der Waals surface area contributed by atoms with E-state index in [1.165, 1.54) is 5.56 Å². The molecule has 0 saturated carbocycles. The lowest BCUT2D eigenvalue weighted by Crippen LogP contribution is -2.24. The first kappa shape index (κ1) is 18.2. The molecule has 4 rings (SSSR count). The molecule has 0 spiro atoms. The van der Waals surface area contributed by atoms with E-state index >= 15 is 0 Å². The number of carbonyl (C=O) groups excluding carboxylic acids is 1. The third-order valence-corrected chi connectivity index (χ3v) is 5.32. The molecule has 0 radical (unpaired) electrons. The Morgan fingerprint density at radius 1 is 1.00 bits per heavy atom. The van der Waals surface area contributed by atoms with Crippen LogP contribution in [0.3, 0.4) is 0 Å².